The van der Waals surface area contributed by atoms with Crippen LogP contribution in [0.4, 0.5) is 0 Å². The van der Waals surface area contributed by atoms with Gasteiger partial charge in [-0.2, -0.15) is 0 Å². The van der Waals surface area contributed by atoms with Crippen molar-refractivity contribution in [2.24, 2.45) is 10.9 Å². The van der Waals surface area contributed by atoms with Crippen LogP contribution in [0.25, 0.3) is 0 Å². The third kappa shape index (κ3) is 16.8. The van der Waals surface area contributed by atoms with E-state index in [1.54, 1.807) is 0 Å². The summed E-state index contributed by atoms with van der Waals surface area (Å²) in [5.74, 6) is -6.40. The summed E-state index contributed by atoms with van der Waals surface area (Å²) in [4.78, 5) is 30.0. The molecule has 0 saturated heterocycles. The minimum atomic E-state index is -3.44. The van der Waals surface area contributed by atoms with Crippen molar-refractivity contribution in [1.82, 2.24) is 0 Å². The van der Waals surface area contributed by atoms with E-state index in [0.717, 1.165) is 0 Å². The fraction of sp³-hybridized carbons (Fsp3) is 0.556. The second-order valence-corrected chi connectivity index (χ2v) is 5.79. The van der Waals surface area contributed by atoms with E-state index in [1.165, 1.54) is 0 Å². The maximum absolute atomic E-state index is 10.2. The van der Waals surface area contributed by atoms with Gasteiger partial charge in [0.15, 0.2) is 0 Å². The van der Waals surface area contributed by atoms with Gasteiger partial charge in [-0.15, -0.1) is 0 Å². The number of carboxylic acid groups (broad SMARTS) is 3. The van der Waals surface area contributed by atoms with Gasteiger partial charge in [-0.3, -0.25) is 5.41 Å². The molecule has 23 heavy (non-hydrogen) atoms. The summed E-state index contributed by atoms with van der Waals surface area (Å²) in [5.41, 5.74) is 1.89. The van der Waals surface area contributed by atoms with Crippen molar-refractivity contribution in [1.29, 1.82) is 5.41 Å². The van der Waals surface area contributed by atoms with Crippen LogP contribution in [0.2, 0.25) is 0 Å². The van der Waals surface area contributed by atoms with Gasteiger partial charge in [0.05, 0.1) is 17.6 Å². The van der Waals surface area contributed by atoms with Gasteiger partial charge in [0.2, 0.25) is 10.0 Å². The first kappa shape index (κ1) is 26.5. The van der Waals surface area contributed by atoms with Crippen LogP contribution in [-0.2, 0) is 24.4 Å². The monoisotopic (exact) mass is 549 g/mol. The normalized spacial score (nSPS) is 10.5. The average Bonchev–Trinajstić information content (AvgIpc) is 2.23. The van der Waals surface area contributed by atoms with Gasteiger partial charge in [-0.1, -0.05) is 0 Å². The fourth-order valence-electron chi connectivity index (χ4n) is 0.937. The SMILES string of the molecule is N=C(N)CCS(N)(=O)=O.O=C([O-])CC(O)(CC(=O)[O-])C(=O)[O-].[Bi+3]. The molecule has 0 aromatic rings. The molecular formula is C9H14BiN3O9S. The van der Waals surface area contributed by atoms with Gasteiger partial charge in [0, 0.05) is 31.2 Å². The zero-order valence-corrected chi connectivity index (χ0v) is 15.8. The van der Waals surface area contributed by atoms with Gasteiger partial charge >= 0.3 is 26.2 Å². The summed E-state index contributed by atoms with van der Waals surface area (Å²) in [6, 6.07) is 0. The molecule has 0 atom stereocenters. The topological polar surface area (TPSA) is 251 Å². The number of nitrogens with two attached hydrogens (primary N) is 2. The molecule has 0 amide bonds. The molecule has 0 bridgehead atoms. The van der Waals surface area contributed by atoms with Crippen LogP contribution < -0.4 is 26.2 Å². The molecule has 0 aliphatic heterocycles. The number of rotatable bonds is 8. The van der Waals surface area contributed by atoms with Crippen molar-refractivity contribution in [2.45, 2.75) is 24.9 Å². The van der Waals surface area contributed by atoms with Crippen molar-refractivity contribution >= 4 is 60.0 Å². The number of aliphatic hydroxyl groups is 1. The van der Waals surface area contributed by atoms with Gasteiger partial charge in [-0.05, 0) is 0 Å². The van der Waals surface area contributed by atoms with E-state index in [2.05, 4.69) is 5.14 Å². The Morgan fingerprint density at radius 1 is 1.09 bits per heavy atom. The Morgan fingerprint density at radius 3 is 1.57 bits per heavy atom. The Morgan fingerprint density at radius 2 is 1.43 bits per heavy atom. The molecule has 6 N–H and O–H groups in total. The Balaban J connectivity index is -0.000000354. The van der Waals surface area contributed by atoms with E-state index in [0.29, 0.717) is 0 Å². The van der Waals surface area contributed by atoms with Crippen LogP contribution in [0, 0.1) is 5.41 Å². The molecular weight excluding hydrogens is 535 g/mol. The zero-order chi connectivity index (χ0) is 18.1. The van der Waals surface area contributed by atoms with E-state index in [-0.39, 0.29) is 44.2 Å². The summed E-state index contributed by atoms with van der Waals surface area (Å²) in [6.07, 6.45) is -2.70. The number of primary sulfonamides is 1. The number of carbonyl (C=O) groups excluding carboxylic acids is 3. The second kappa shape index (κ2) is 11.2. The first-order valence-electron chi connectivity index (χ1n) is 5.36. The summed E-state index contributed by atoms with van der Waals surface area (Å²) >= 11 is 0. The molecule has 0 aromatic heterocycles. The number of hydrogen-bond donors (Lipinski definition) is 4. The molecule has 0 rings (SSSR count). The van der Waals surface area contributed by atoms with Gasteiger partial charge in [-0.25, -0.2) is 13.6 Å². The van der Waals surface area contributed by atoms with Crippen molar-refractivity contribution < 1.29 is 43.2 Å². The maximum atomic E-state index is 10.2. The molecule has 2 radical (unpaired) electrons. The minimum Gasteiger partial charge on any atom is -0.550 e. The minimum absolute atomic E-state index is 0. The molecule has 0 aliphatic carbocycles. The van der Waals surface area contributed by atoms with Crippen molar-refractivity contribution in [3.05, 3.63) is 0 Å². The van der Waals surface area contributed by atoms with E-state index in [1.807, 2.05) is 0 Å². The Kier molecular flexibility index (Phi) is 12.9. The number of amidine groups is 1. The largest absolute Gasteiger partial charge is 3.00 e. The molecule has 0 aliphatic rings. The number of carbonyl (C=O) groups is 3. The molecule has 0 aromatic carbocycles. The van der Waals surface area contributed by atoms with Crippen LogP contribution in [0.5, 0.6) is 0 Å². The van der Waals surface area contributed by atoms with E-state index in [4.69, 9.17) is 16.2 Å². The fourth-order valence-corrected chi connectivity index (χ4v) is 1.44. The molecule has 0 heterocycles. The summed E-state index contributed by atoms with van der Waals surface area (Å²) in [6.45, 7) is 0. The van der Waals surface area contributed by atoms with Gasteiger partial charge in [0.25, 0.3) is 0 Å². The molecule has 0 unspecified atom stereocenters. The van der Waals surface area contributed by atoms with Gasteiger partial charge < -0.3 is 40.5 Å². The summed E-state index contributed by atoms with van der Waals surface area (Å²) < 4.78 is 20.3. The van der Waals surface area contributed by atoms with E-state index < -0.39 is 46.4 Å². The number of hydrogen-bond acceptors (Lipinski definition) is 10. The average molecular weight is 549 g/mol. The molecule has 130 valence electrons. The van der Waals surface area contributed by atoms with Crippen molar-refractivity contribution in [3.8, 4) is 0 Å². The number of carboxylic acids is 3. The third-order valence-corrected chi connectivity index (χ3v) is 2.68. The smallest absolute Gasteiger partial charge is 0.550 e. The number of sulfonamides is 1. The Labute approximate surface area is 150 Å². The number of aliphatic carboxylic acids is 3. The summed E-state index contributed by atoms with van der Waals surface area (Å²) in [5, 5.41) is 50.2. The quantitative estimate of drug-likeness (QED) is 0.126. The first-order valence-corrected chi connectivity index (χ1v) is 7.08. The van der Waals surface area contributed by atoms with Crippen LogP contribution in [-0.4, -0.2) is 74.8 Å². The molecule has 0 fully saturated rings. The number of nitrogens with one attached hydrogen (secondary N) is 1. The molecule has 0 saturated carbocycles. The molecule has 14 heteroatoms. The predicted octanol–water partition coefficient (Wildman–Crippen LogP) is -7.03. The van der Waals surface area contributed by atoms with Crippen LogP contribution >= 0.6 is 0 Å². The van der Waals surface area contributed by atoms with E-state index in [9.17, 15) is 38.1 Å². The van der Waals surface area contributed by atoms with Crippen LogP contribution in [0.15, 0.2) is 0 Å². The van der Waals surface area contributed by atoms with Crippen LogP contribution in [0.1, 0.15) is 19.3 Å². The van der Waals surface area contributed by atoms with Crippen LogP contribution in [0.3, 0.4) is 0 Å². The Hall–Kier alpha value is -1.37. The Bertz CT molecular complexity index is 532. The van der Waals surface area contributed by atoms with E-state index >= 15 is 0 Å². The van der Waals surface area contributed by atoms with Gasteiger partial charge in [0.1, 0.15) is 5.60 Å². The molecule has 0 spiro atoms. The summed E-state index contributed by atoms with van der Waals surface area (Å²) in [7, 11) is -3.44. The van der Waals surface area contributed by atoms with Crippen molar-refractivity contribution in [3.63, 3.8) is 0 Å². The third-order valence-electron chi connectivity index (χ3n) is 1.91. The standard InChI is InChI=1S/C6H8O7.C3H9N3O2S.Bi/c7-3(8)1-6(13,5(11)12)2-4(9)10;4-3(5)1-2-9(6,7)8;/h13H,1-2H2,(H,7,8)(H,9,10)(H,11,12);1-2H2,(H3,4,5)(H2,6,7,8);/q;;+3/p-3. The first-order chi connectivity index (χ1) is 9.69. The van der Waals surface area contributed by atoms with Crippen molar-refractivity contribution in [2.75, 3.05) is 5.75 Å². The maximum Gasteiger partial charge on any atom is 3.00 e. The zero-order valence-electron chi connectivity index (χ0n) is 11.6. The second-order valence-electron chi connectivity index (χ2n) is 4.06. The molecule has 12 nitrogen and oxygen atoms in total. The predicted molar refractivity (Wildman–Crippen MR) is 69.5 cm³/mol.